The van der Waals surface area contributed by atoms with Gasteiger partial charge in [-0.15, -0.1) is 0 Å². The molecule has 0 spiro atoms. The highest BCUT2D eigenvalue weighted by Gasteiger charge is 2.40. The highest BCUT2D eigenvalue weighted by atomic mass is 35.5. The fraction of sp³-hybridized carbons (Fsp3) is 0.571. The second-order valence-corrected chi connectivity index (χ2v) is 6.42. The van der Waals surface area contributed by atoms with Gasteiger partial charge < -0.3 is 5.73 Å². The zero-order valence-corrected chi connectivity index (χ0v) is 11.8. The normalized spacial score (nSPS) is 31.8. The van der Waals surface area contributed by atoms with Crippen molar-refractivity contribution in [3.63, 3.8) is 0 Å². The minimum Gasteiger partial charge on any atom is -0.327 e. The second-order valence-electron chi connectivity index (χ2n) is 5.61. The quantitative estimate of drug-likeness (QED) is 0.904. The third-order valence-corrected chi connectivity index (χ3v) is 5.12. The van der Waals surface area contributed by atoms with E-state index in [-0.39, 0.29) is 0 Å². The standard InChI is InChI=1S/C14H18Cl2N2/c15-12-3-1-9(5-13(12)16)6-18-7-10-2-4-14(17)11(10)8-18/h1,3,5,10-11,14H,2,4,6-8,17H2. The van der Waals surface area contributed by atoms with Gasteiger partial charge in [0.25, 0.3) is 0 Å². The monoisotopic (exact) mass is 284 g/mol. The lowest BCUT2D eigenvalue weighted by molar-refractivity contribution is 0.298. The first-order valence-corrected chi connectivity index (χ1v) is 7.31. The summed E-state index contributed by atoms with van der Waals surface area (Å²) in [6.07, 6.45) is 2.50. The van der Waals surface area contributed by atoms with Crippen molar-refractivity contribution in [1.29, 1.82) is 0 Å². The Hall–Kier alpha value is -0.280. The van der Waals surface area contributed by atoms with E-state index in [1.165, 1.54) is 24.9 Å². The van der Waals surface area contributed by atoms with E-state index in [1.807, 2.05) is 12.1 Å². The van der Waals surface area contributed by atoms with Gasteiger partial charge in [0.05, 0.1) is 10.0 Å². The first kappa shape index (κ1) is 12.7. The molecule has 98 valence electrons. The van der Waals surface area contributed by atoms with Gasteiger partial charge in [0.15, 0.2) is 0 Å². The van der Waals surface area contributed by atoms with Gasteiger partial charge in [-0.25, -0.2) is 0 Å². The number of fused-ring (bicyclic) bond motifs is 1. The number of hydrogen-bond acceptors (Lipinski definition) is 2. The Morgan fingerprint density at radius 1 is 1.17 bits per heavy atom. The van der Waals surface area contributed by atoms with Crippen molar-refractivity contribution in [2.75, 3.05) is 13.1 Å². The van der Waals surface area contributed by atoms with E-state index < -0.39 is 0 Å². The molecule has 0 radical (unpaired) electrons. The number of hydrogen-bond donors (Lipinski definition) is 1. The van der Waals surface area contributed by atoms with Crippen LogP contribution in [0.2, 0.25) is 10.0 Å². The molecule has 3 rings (SSSR count). The molecule has 1 aromatic carbocycles. The number of nitrogens with two attached hydrogens (primary N) is 1. The minimum absolute atomic E-state index is 0.411. The molecule has 18 heavy (non-hydrogen) atoms. The fourth-order valence-corrected chi connectivity index (χ4v) is 3.75. The Balaban J connectivity index is 1.66. The van der Waals surface area contributed by atoms with Crippen molar-refractivity contribution < 1.29 is 0 Å². The number of rotatable bonds is 2. The van der Waals surface area contributed by atoms with E-state index in [0.29, 0.717) is 22.0 Å². The highest BCUT2D eigenvalue weighted by Crippen LogP contribution is 2.37. The molecule has 1 heterocycles. The lowest BCUT2D eigenvalue weighted by Gasteiger charge is -2.18. The smallest absolute Gasteiger partial charge is 0.0595 e. The third kappa shape index (κ3) is 2.39. The number of likely N-dealkylation sites (tertiary alicyclic amines) is 1. The predicted molar refractivity (Wildman–Crippen MR) is 75.9 cm³/mol. The molecule has 1 aromatic rings. The molecule has 0 amide bonds. The summed E-state index contributed by atoms with van der Waals surface area (Å²) in [5, 5.41) is 1.27. The van der Waals surface area contributed by atoms with Gasteiger partial charge in [0.1, 0.15) is 0 Å². The van der Waals surface area contributed by atoms with Crippen molar-refractivity contribution >= 4 is 23.2 Å². The molecule has 0 bridgehead atoms. The summed E-state index contributed by atoms with van der Waals surface area (Å²) in [5.41, 5.74) is 7.39. The molecule has 2 N–H and O–H groups in total. The van der Waals surface area contributed by atoms with Crippen LogP contribution in [0.5, 0.6) is 0 Å². The van der Waals surface area contributed by atoms with Crippen molar-refractivity contribution in [1.82, 2.24) is 4.90 Å². The molecular weight excluding hydrogens is 267 g/mol. The summed E-state index contributed by atoms with van der Waals surface area (Å²) in [6.45, 7) is 3.27. The maximum atomic E-state index is 6.15. The number of halogens is 2. The average molecular weight is 285 g/mol. The largest absolute Gasteiger partial charge is 0.327 e. The first-order valence-electron chi connectivity index (χ1n) is 6.55. The van der Waals surface area contributed by atoms with Crippen LogP contribution in [0.25, 0.3) is 0 Å². The lowest BCUT2D eigenvalue weighted by atomic mass is 9.98. The van der Waals surface area contributed by atoms with Gasteiger partial charge in [-0.2, -0.15) is 0 Å². The summed E-state index contributed by atoms with van der Waals surface area (Å²) < 4.78 is 0. The Kier molecular flexibility index (Phi) is 3.55. The van der Waals surface area contributed by atoms with E-state index in [0.717, 1.165) is 19.0 Å². The molecule has 3 unspecified atom stereocenters. The Morgan fingerprint density at radius 2 is 2.00 bits per heavy atom. The fourth-order valence-electron chi connectivity index (χ4n) is 3.43. The summed E-state index contributed by atoms with van der Waals surface area (Å²) in [4.78, 5) is 2.49. The van der Waals surface area contributed by atoms with Gasteiger partial charge >= 0.3 is 0 Å². The summed E-state index contributed by atoms with van der Waals surface area (Å²) in [6, 6.07) is 6.32. The maximum absolute atomic E-state index is 6.15. The zero-order chi connectivity index (χ0) is 12.7. The molecular formula is C14H18Cl2N2. The molecule has 2 fully saturated rings. The highest BCUT2D eigenvalue weighted by molar-refractivity contribution is 6.42. The van der Waals surface area contributed by atoms with Gasteiger partial charge in [0, 0.05) is 25.7 Å². The number of benzene rings is 1. The molecule has 0 aromatic heterocycles. The number of nitrogens with zero attached hydrogens (tertiary/aromatic N) is 1. The minimum atomic E-state index is 0.411. The van der Waals surface area contributed by atoms with E-state index in [2.05, 4.69) is 11.0 Å². The zero-order valence-electron chi connectivity index (χ0n) is 10.3. The van der Waals surface area contributed by atoms with Crippen molar-refractivity contribution in [3.8, 4) is 0 Å². The Labute approximate surface area is 118 Å². The topological polar surface area (TPSA) is 29.3 Å². The van der Waals surface area contributed by atoms with Crippen LogP contribution in [-0.2, 0) is 6.54 Å². The van der Waals surface area contributed by atoms with Gasteiger partial charge in [-0.1, -0.05) is 29.3 Å². The van der Waals surface area contributed by atoms with Crippen LogP contribution in [0.4, 0.5) is 0 Å². The average Bonchev–Trinajstić information content (AvgIpc) is 2.87. The summed E-state index contributed by atoms with van der Waals surface area (Å²) in [5.74, 6) is 1.51. The first-order chi connectivity index (χ1) is 8.63. The van der Waals surface area contributed by atoms with E-state index in [9.17, 15) is 0 Å². The maximum Gasteiger partial charge on any atom is 0.0595 e. The van der Waals surface area contributed by atoms with Crippen LogP contribution in [-0.4, -0.2) is 24.0 Å². The van der Waals surface area contributed by atoms with Crippen LogP contribution in [0.15, 0.2) is 18.2 Å². The third-order valence-electron chi connectivity index (χ3n) is 4.38. The molecule has 1 aliphatic carbocycles. The second kappa shape index (κ2) is 5.01. The van der Waals surface area contributed by atoms with E-state index >= 15 is 0 Å². The molecule has 1 saturated heterocycles. The van der Waals surface area contributed by atoms with Gasteiger partial charge in [0.2, 0.25) is 0 Å². The molecule has 2 aliphatic rings. The lowest BCUT2D eigenvalue weighted by Crippen LogP contribution is -2.30. The van der Waals surface area contributed by atoms with Gasteiger partial charge in [-0.05, 0) is 42.4 Å². The van der Waals surface area contributed by atoms with Crippen LogP contribution < -0.4 is 5.73 Å². The van der Waals surface area contributed by atoms with E-state index in [4.69, 9.17) is 28.9 Å². The van der Waals surface area contributed by atoms with Crippen molar-refractivity contribution in [2.45, 2.75) is 25.4 Å². The Morgan fingerprint density at radius 3 is 2.72 bits per heavy atom. The van der Waals surface area contributed by atoms with Crippen molar-refractivity contribution in [2.24, 2.45) is 17.6 Å². The Bertz CT molecular complexity index is 449. The van der Waals surface area contributed by atoms with Crippen LogP contribution in [0.3, 0.4) is 0 Å². The predicted octanol–water partition coefficient (Wildman–Crippen LogP) is 3.16. The molecule has 4 heteroatoms. The van der Waals surface area contributed by atoms with Crippen LogP contribution in [0, 0.1) is 11.8 Å². The summed E-state index contributed by atoms with van der Waals surface area (Å²) >= 11 is 12.0. The summed E-state index contributed by atoms with van der Waals surface area (Å²) in [7, 11) is 0. The molecule has 2 nitrogen and oxygen atoms in total. The SMILES string of the molecule is NC1CCC2CN(Cc3ccc(Cl)c(Cl)c3)CC12. The van der Waals surface area contributed by atoms with Crippen LogP contribution in [0.1, 0.15) is 18.4 Å². The molecule has 1 aliphatic heterocycles. The van der Waals surface area contributed by atoms with Crippen molar-refractivity contribution in [3.05, 3.63) is 33.8 Å². The van der Waals surface area contributed by atoms with E-state index in [1.54, 1.807) is 0 Å². The molecule has 3 atom stereocenters. The molecule has 1 saturated carbocycles. The van der Waals surface area contributed by atoms with Crippen LogP contribution >= 0.6 is 23.2 Å². The van der Waals surface area contributed by atoms with Gasteiger partial charge in [-0.3, -0.25) is 4.90 Å².